The highest BCUT2D eigenvalue weighted by atomic mass is 16.5. The molecule has 0 amide bonds. The average Bonchev–Trinajstić information content (AvgIpc) is 2.28. The van der Waals surface area contributed by atoms with E-state index in [4.69, 9.17) is 9.15 Å². The quantitative estimate of drug-likeness (QED) is 0.581. The zero-order chi connectivity index (χ0) is 12.3. The van der Waals surface area contributed by atoms with Crippen LogP contribution in [0.1, 0.15) is 25.0 Å². The zero-order valence-electron chi connectivity index (χ0n) is 9.64. The third kappa shape index (κ3) is 3.06. The lowest BCUT2D eigenvalue weighted by atomic mass is 9.95. The summed E-state index contributed by atoms with van der Waals surface area (Å²) in [5, 5.41) is 0. The molecule has 2 rings (SSSR count). The first-order chi connectivity index (χ1) is 8.15. The number of ether oxygens (including phenoxy) is 1. The molecule has 0 fully saturated rings. The summed E-state index contributed by atoms with van der Waals surface area (Å²) in [6.07, 6.45) is 6.45. The Kier molecular flexibility index (Phi) is 3.42. The summed E-state index contributed by atoms with van der Waals surface area (Å²) in [4.78, 5) is 22.9. The zero-order valence-corrected chi connectivity index (χ0v) is 9.64. The molecule has 0 saturated heterocycles. The Balaban J connectivity index is 2.07. The predicted molar refractivity (Wildman–Crippen MR) is 61.8 cm³/mol. The van der Waals surface area contributed by atoms with Crippen LogP contribution in [0.25, 0.3) is 0 Å². The fourth-order valence-electron chi connectivity index (χ4n) is 1.84. The van der Waals surface area contributed by atoms with Crippen LogP contribution in [0, 0.1) is 12.8 Å². The van der Waals surface area contributed by atoms with Crippen LogP contribution in [0.3, 0.4) is 0 Å². The predicted octanol–water partition coefficient (Wildman–Crippen LogP) is 2.21. The Morgan fingerprint density at radius 1 is 1.41 bits per heavy atom. The van der Waals surface area contributed by atoms with Gasteiger partial charge in [-0.25, -0.2) is 4.79 Å². The summed E-state index contributed by atoms with van der Waals surface area (Å²) in [7, 11) is 0. The Morgan fingerprint density at radius 2 is 2.24 bits per heavy atom. The molecule has 0 spiro atoms. The first kappa shape index (κ1) is 11.6. The van der Waals surface area contributed by atoms with Crippen LogP contribution in [-0.2, 0) is 4.79 Å². The number of hydrogen-bond donors (Lipinski definition) is 0. The monoisotopic (exact) mass is 234 g/mol. The lowest BCUT2D eigenvalue weighted by Crippen LogP contribution is -2.21. The van der Waals surface area contributed by atoms with Crippen molar-refractivity contribution in [2.75, 3.05) is 0 Å². The molecule has 1 aliphatic carbocycles. The molecule has 1 unspecified atom stereocenters. The topological polar surface area (TPSA) is 56.5 Å². The first-order valence-electron chi connectivity index (χ1n) is 5.63. The number of rotatable bonds is 2. The maximum Gasteiger partial charge on any atom is 0.339 e. The van der Waals surface area contributed by atoms with Crippen molar-refractivity contribution in [3.63, 3.8) is 0 Å². The van der Waals surface area contributed by atoms with Crippen LogP contribution in [0.2, 0.25) is 0 Å². The summed E-state index contributed by atoms with van der Waals surface area (Å²) in [6, 6.07) is 2.72. The molecule has 90 valence electrons. The molecule has 1 aliphatic rings. The van der Waals surface area contributed by atoms with Gasteiger partial charge in [0.2, 0.25) is 0 Å². The van der Waals surface area contributed by atoms with Gasteiger partial charge in [-0.2, -0.15) is 0 Å². The van der Waals surface area contributed by atoms with Crippen molar-refractivity contribution in [3.8, 4) is 5.75 Å². The Bertz CT molecular complexity index is 498. The standard InChI is InChI=1S/C13H14O4/c1-9-7-11(8-12(14)16-9)17-13(15)10-5-3-2-4-6-10/h2-3,7-8,10H,4-6H2,1H3. The van der Waals surface area contributed by atoms with Gasteiger partial charge in [-0.15, -0.1) is 0 Å². The molecular formula is C13H14O4. The maximum absolute atomic E-state index is 11.8. The Labute approximate surface area is 98.9 Å². The molecule has 4 heteroatoms. The van der Waals surface area contributed by atoms with Gasteiger partial charge in [-0.05, 0) is 26.2 Å². The van der Waals surface area contributed by atoms with Crippen LogP contribution in [-0.4, -0.2) is 5.97 Å². The number of hydrogen-bond acceptors (Lipinski definition) is 4. The normalized spacial score (nSPS) is 19.0. The van der Waals surface area contributed by atoms with Crippen LogP contribution in [0.4, 0.5) is 0 Å². The minimum atomic E-state index is -0.503. The molecule has 1 aromatic heterocycles. The van der Waals surface area contributed by atoms with Gasteiger partial charge in [0.1, 0.15) is 11.5 Å². The lowest BCUT2D eigenvalue weighted by molar-refractivity contribution is -0.139. The van der Waals surface area contributed by atoms with Crippen molar-refractivity contribution in [1.82, 2.24) is 0 Å². The molecule has 0 radical (unpaired) electrons. The van der Waals surface area contributed by atoms with Crippen LogP contribution in [0.5, 0.6) is 5.75 Å². The van der Waals surface area contributed by atoms with Crippen molar-refractivity contribution in [2.45, 2.75) is 26.2 Å². The number of esters is 1. The van der Waals surface area contributed by atoms with E-state index in [9.17, 15) is 9.59 Å². The van der Waals surface area contributed by atoms with Gasteiger partial charge in [0, 0.05) is 6.07 Å². The number of carbonyl (C=O) groups excluding carboxylic acids is 1. The highest BCUT2D eigenvalue weighted by Crippen LogP contribution is 2.21. The van der Waals surface area contributed by atoms with E-state index in [0.717, 1.165) is 12.8 Å². The molecule has 0 aliphatic heterocycles. The summed E-state index contributed by atoms with van der Waals surface area (Å²) < 4.78 is 9.97. The first-order valence-corrected chi connectivity index (χ1v) is 5.63. The third-order valence-corrected chi connectivity index (χ3v) is 2.69. The Hall–Kier alpha value is -1.84. The molecule has 0 aromatic carbocycles. The molecule has 4 nitrogen and oxygen atoms in total. The summed E-state index contributed by atoms with van der Waals surface area (Å²) in [5.74, 6) is 0.314. The van der Waals surface area contributed by atoms with Gasteiger partial charge in [-0.1, -0.05) is 12.2 Å². The second-order valence-corrected chi connectivity index (χ2v) is 4.13. The van der Waals surface area contributed by atoms with Gasteiger partial charge in [0.05, 0.1) is 12.0 Å². The molecule has 0 bridgehead atoms. The van der Waals surface area contributed by atoms with Gasteiger partial charge in [0.25, 0.3) is 0 Å². The fraction of sp³-hybridized carbons (Fsp3) is 0.385. The van der Waals surface area contributed by atoms with Gasteiger partial charge >= 0.3 is 11.6 Å². The minimum Gasteiger partial charge on any atom is -0.428 e. The highest BCUT2D eigenvalue weighted by molar-refractivity contribution is 5.75. The van der Waals surface area contributed by atoms with E-state index in [1.807, 2.05) is 6.08 Å². The van der Waals surface area contributed by atoms with E-state index in [1.54, 1.807) is 6.92 Å². The van der Waals surface area contributed by atoms with Crippen molar-refractivity contribution < 1.29 is 13.9 Å². The molecule has 1 atom stereocenters. The van der Waals surface area contributed by atoms with Crippen molar-refractivity contribution >= 4 is 5.97 Å². The molecule has 0 saturated carbocycles. The van der Waals surface area contributed by atoms with E-state index in [1.165, 1.54) is 12.1 Å². The average molecular weight is 234 g/mol. The van der Waals surface area contributed by atoms with E-state index in [2.05, 4.69) is 6.08 Å². The lowest BCUT2D eigenvalue weighted by Gasteiger charge is -2.15. The highest BCUT2D eigenvalue weighted by Gasteiger charge is 2.21. The van der Waals surface area contributed by atoms with Gasteiger partial charge in [0.15, 0.2) is 0 Å². The molecule has 0 N–H and O–H groups in total. The fourth-order valence-corrected chi connectivity index (χ4v) is 1.84. The summed E-state index contributed by atoms with van der Waals surface area (Å²) in [5.41, 5.74) is -0.503. The van der Waals surface area contributed by atoms with Crippen molar-refractivity contribution in [2.24, 2.45) is 5.92 Å². The van der Waals surface area contributed by atoms with Gasteiger partial charge < -0.3 is 9.15 Å². The number of allylic oxidation sites excluding steroid dienone is 2. The maximum atomic E-state index is 11.8. The van der Waals surface area contributed by atoms with Gasteiger partial charge in [-0.3, -0.25) is 4.79 Å². The third-order valence-electron chi connectivity index (χ3n) is 2.69. The van der Waals surface area contributed by atoms with Crippen LogP contribution >= 0.6 is 0 Å². The molecule has 1 aromatic rings. The number of carbonyl (C=O) groups is 1. The van der Waals surface area contributed by atoms with Crippen molar-refractivity contribution in [1.29, 1.82) is 0 Å². The molecule has 17 heavy (non-hydrogen) atoms. The second kappa shape index (κ2) is 4.99. The molecule has 1 heterocycles. The minimum absolute atomic E-state index is 0.104. The van der Waals surface area contributed by atoms with E-state index in [-0.39, 0.29) is 17.6 Å². The Morgan fingerprint density at radius 3 is 2.88 bits per heavy atom. The van der Waals surface area contributed by atoms with E-state index < -0.39 is 5.63 Å². The SMILES string of the molecule is Cc1cc(OC(=O)C2CC=CCC2)cc(=O)o1. The van der Waals surface area contributed by atoms with Crippen molar-refractivity contribution in [3.05, 3.63) is 40.5 Å². The smallest absolute Gasteiger partial charge is 0.339 e. The number of aryl methyl sites for hydroxylation is 1. The largest absolute Gasteiger partial charge is 0.428 e. The summed E-state index contributed by atoms with van der Waals surface area (Å²) >= 11 is 0. The van der Waals surface area contributed by atoms with E-state index >= 15 is 0 Å². The second-order valence-electron chi connectivity index (χ2n) is 4.13. The van der Waals surface area contributed by atoms with E-state index in [0.29, 0.717) is 12.2 Å². The van der Waals surface area contributed by atoms with Crippen LogP contribution in [0.15, 0.2) is 33.5 Å². The van der Waals surface area contributed by atoms with Crippen LogP contribution < -0.4 is 10.4 Å². The molecular weight excluding hydrogens is 220 g/mol. The summed E-state index contributed by atoms with van der Waals surface area (Å²) in [6.45, 7) is 1.64.